The fourth-order valence-electron chi connectivity index (χ4n) is 3.10. The van der Waals surface area contributed by atoms with Crippen LogP contribution >= 0.6 is 0 Å². The molecule has 1 saturated heterocycles. The van der Waals surface area contributed by atoms with Crippen LogP contribution in [0, 0.1) is 17.1 Å². The van der Waals surface area contributed by atoms with Crippen molar-refractivity contribution in [1.29, 1.82) is 5.26 Å². The topological polar surface area (TPSA) is 76.4 Å². The van der Waals surface area contributed by atoms with Gasteiger partial charge in [0, 0.05) is 50.4 Å². The minimum absolute atomic E-state index is 0.0475. The standard InChI is InChI=1S/C21H21FN4O2/c22-17-3-7-19(8-4-17)25-11-13-26(14-12-25)21(28)10-9-20(27)24-18-5-1-16(15-23)2-6-18/h1-8H,9-14H2,(H,24,27). The van der Waals surface area contributed by atoms with Gasteiger partial charge in [-0.25, -0.2) is 4.39 Å². The van der Waals surface area contributed by atoms with Gasteiger partial charge in [-0.1, -0.05) is 0 Å². The van der Waals surface area contributed by atoms with E-state index in [-0.39, 0.29) is 30.5 Å². The first-order valence-electron chi connectivity index (χ1n) is 9.13. The highest BCUT2D eigenvalue weighted by molar-refractivity contribution is 5.93. The van der Waals surface area contributed by atoms with Gasteiger partial charge in [-0.2, -0.15) is 5.26 Å². The lowest BCUT2D eigenvalue weighted by atomic mass is 10.2. The molecular formula is C21H21FN4O2. The first-order valence-corrected chi connectivity index (χ1v) is 9.13. The molecule has 0 spiro atoms. The summed E-state index contributed by atoms with van der Waals surface area (Å²) in [6, 6.07) is 14.9. The number of nitrogens with one attached hydrogen (secondary N) is 1. The monoisotopic (exact) mass is 380 g/mol. The van der Waals surface area contributed by atoms with Crippen LogP contribution in [-0.4, -0.2) is 42.9 Å². The van der Waals surface area contributed by atoms with Crippen LogP contribution in [0.15, 0.2) is 48.5 Å². The lowest BCUT2D eigenvalue weighted by Gasteiger charge is -2.36. The molecule has 7 heteroatoms. The first-order chi connectivity index (χ1) is 13.5. The van der Waals surface area contributed by atoms with Crippen molar-refractivity contribution in [2.75, 3.05) is 36.4 Å². The first kappa shape index (κ1) is 19.4. The SMILES string of the molecule is N#Cc1ccc(NC(=O)CCC(=O)N2CCN(c3ccc(F)cc3)CC2)cc1. The van der Waals surface area contributed by atoms with E-state index in [1.54, 1.807) is 41.3 Å². The van der Waals surface area contributed by atoms with Gasteiger partial charge in [0.25, 0.3) is 0 Å². The number of benzene rings is 2. The minimum Gasteiger partial charge on any atom is -0.368 e. The molecule has 0 aromatic heterocycles. The van der Waals surface area contributed by atoms with Gasteiger partial charge in [0.05, 0.1) is 11.6 Å². The van der Waals surface area contributed by atoms with Gasteiger partial charge < -0.3 is 15.1 Å². The largest absolute Gasteiger partial charge is 0.368 e. The van der Waals surface area contributed by atoms with Gasteiger partial charge in [-0.05, 0) is 48.5 Å². The number of piperazine rings is 1. The van der Waals surface area contributed by atoms with Crippen LogP contribution in [0.4, 0.5) is 15.8 Å². The van der Waals surface area contributed by atoms with Gasteiger partial charge in [0.15, 0.2) is 0 Å². The Morgan fingerprint density at radius 2 is 1.61 bits per heavy atom. The molecule has 1 N–H and O–H groups in total. The number of hydrogen-bond acceptors (Lipinski definition) is 4. The number of nitriles is 1. The van der Waals surface area contributed by atoms with Crippen LogP contribution in [0.2, 0.25) is 0 Å². The summed E-state index contributed by atoms with van der Waals surface area (Å²) in [7, 11) is 0. The van der Waals surface area contributed by atoms with Gasteiger partial charge in [-0.3, -0.25) is 9.59 Å². The number of rotatable bonds is 5. The van der Waals surface area contributed by atoms with Gasteiger partial charge >= 0.3 is 0 Å². The average Bonchev–Trinajstić information content (AvgIpc) is 2.73. The number of carbonyl (C=O) groups is 2. The molecule has 144 valence electrons. The zero-order valence-electron chi connectivity index (χ0n) is 15.4. The Labute approximate surface area is 163 Å². The highest BCUT2D eigenvalue weighted by Gasteiger charge is 2.21. The minimum atomic E-state index is -0.267. The number of nitrogens with zero attached hydrogens (tertiary/aromatic N) is 3. The average molecular weight is 380 g/mol. The maximum atomic E-state index is 13.0. The summed E-state index contributed by atoms with van der Waals surface area (Å²) in [4.78, 5) is 28.3. The molecular weight excluding hydrogens is 359 g/mol. The zero-order valence-corrected chi connectivity index (χ0v) is 15.4. The van der Waals surface area contributed by atoms with Crippen molar-refractivity contribution < 1.29 is 14.0 Å². The van der Waals surface area contributed by atoms with Crippen molar-refractivity contribution in [3.05, 3.63) is 59.9 Å². The molecule has 0 bridgehead atoms. The quantitative estimate of drug-likeness (QED) is 0.865. The molecule has 28 heavy (non-hydrogen) atoms. The van der Waals surface area contributed by atoms with E-state index in [0.717, 1.165) is 5.69 Å². The highest BCUT2D eigenvalue weighted by Crippen LogP contribution is 2.17. The Morgan fingerprint density at radius 3 is 2.21 bits per heavy atom. The number of anilines is 2. The summed E-state index contributed by atoms with van der Waals surface area (Å²) in [6.45, 7) is 2.50. The van der Waals surface area contributed by atoms with E-state index in [9.17, 15) is 14.0 Å². The molecule has 1 fully saturated rings. The molecule has 0 aliphatic carbocycles. The Kier molecular flexibility index (Phi) is 6.22. The van der Waals surface area contributed by atoms with Crippen molar-refractivity contribution in [3.8, 4) is 6.07 Å². The second-order valence-electron chi connectivity index (χ2n) is 6.58. The van der Waals surface area contributed by atoms with Crippen LogP contribution in [0.3, 0.4) is 0 Å². The molecule has 1 heterocycles. The van der Waals surface area contributed by atoms with Crippen LogP contribution in [0.25, 0.3) is 0 Å². The van der Waals surface area contributed by atoms with Crippen LogP contribution < -0.4 is 10.2 Å². The van der Waals surface area contributed by atoms with E-state index in [1.165, 1.54) is 12.1 Å². The molecule has 1 aliphatic rings. The summed E-state index contributed by atoms with van der Waals surface area (Å²) in [5, 5.41) is 11.5. The van der Waals surface area contributed by atoms with Crippen LogP contribution in [0.1, 0.15) is 18.4 Å². The van der Waals surface area contributed by atoms with E-state index in [2.05, 4.69) is 10.2 Å². The summed E-state index contributed by atoms with van der Waals surface area (Å²) in [5.41, 5.74) is 2.06. The van der Waals surface area contributed by atoms with Gasteiger partial charge in [0.2, 0.25) is 11.8 Å². The molecule has 2 aromatic rings. The van der Waals surface area contributed by atoms with Crippen molar-refractivity contribution in [2.45, 2.75) is 12.8 Å². The van der Waals surface area contributed by atoms with Crippen LogP contribution in [-0.2, 0) is 9.59 Å². The summed E-state index contributed by atoms with van der Waals surface area (Å²) in [5.74, 6) is -0.548. The molecule has 0 radical (unpaired) electrons. The predicted octanol–water partition coefficient (Wildman–Crippen LogP) is 2.76. The van der Waals surface area contributed by atoms with Gasteiger partial charge in [0.1, 0.15) is 5.82 Å². The second-order valence-corrected chi connectivity index (χ2v) is 6.58. The fraction of sp³-hybridized carbons (Fsp3) is 0.286. The maximum absolute atomic E-state index is 13.0. The Morgan fingerprint density at radius 1 is 0.964 bits per heavy atom. The fourth-order valence-corrected chi connectivity index (χ4v) is 3.10. The third-order valence-corrected chi connectivity index (χ3v) is 4.69. The van der Waals surface area contributed by atoms with E-state index in [4.69, 9.17) is 5.26 Å². The summed E-state index contributed by atoms with van der Waals surface area (Å²) < 4.78 is 13.0. The van der Waals surface area contributed by atoms with Crippen molar-refractivity contribution in [3.63, 3.8) is 0 Å². The van der Waals surface area contributed by atoms with E-state index >= 15 is 0 Å². The van der Waals surface area contributed by atoms with Crippen molar-refractivity contribution in [2.24, 2.45) is 0 Å². The van der Waals surface area contributed by atoms with Crippen molar-refractivity contribution >= 4 is 23.2 Å². The number of hydrogen-bond donors (Lipinski definition) is 1. The molecule has 0 unspecified atom stereocenters. The Bertz CT molecular complexity index is 867. The molecule has 0 atom stereocenters. The van der Waals surface area contributed by atoms with E-state index in [0.29, 0.717) is 37.4 Å². The molecule has 1 aliphatic heterocycles. The normalized spacial score (nSPS) is 13.7. The molecule has 2 aromatic carbocycles. The van der Waals surface area contributed by atoms with Gasteiger partial charge in [-0.15, -0.1) is 0 Å². The number of amides is 2. The lowest BCUT2D eigenvalue weighted by Crippen LogP contribution is -2.48. The zero-order chi connectivity index (χ0) is 19.9. The summed E-state index contributed by atoms with van der Waals surface area (Å²) >= 11 is 0. The highest BCUT2D eigenvalue weighted by atomic mass is 19.1. The third kappa shape index (κ3) is 5.07. The number of carbonyl (C=O) groups excluding carboxylic acids is 2. The molecule has 3 rings (SSSR count). The van der Waals surface area contributed by atoms with E-state index in [1.807, 2.05) is 6.07 Å². The second kappa shape index (κ2) is 9.00. The smallest absolute Gasteiger partial charge is 0.224 e. The maximum Gasteiger partial charge on any atom is 0.224 e. The summed E-state index contributed by atoms with van der Waals surface area (Å²) in [6.07, 6.45) is 0.260. The van der Waals surface area contributed by atoms with E-state index < -0.39 is 0 Å². The molecule has 6 nitrogen and oxygen atoms in total. The molecule has 0 saturated carbocycles. The number of halogens is 1. The molecule has 2 amide bonds. The lowest BCUT2D eigenvalue weighted by molar-refractivity contribution is -0.133. The Hall–Kier alpha value is -3.40. The van der Waals surface area contributed by atoms with Crippen molar-refractivity contribution in [1.82, 2.24) is 4.90 Å². The third-order valence-electron chi connectivity index (χ3n) is 4.69. The predicted molar refractivity (Wildman–Crippen MR) is 104 cm³/mol. The van der Waals surface area contributed by atoms with Crippen LogP contribution in [0.5, 0.6) is 0 Å². The Balaban J connectivity index is 1.42.